The number of hydrogen-bond acceptors (Lipinski definition) is 5. The highest BCUT2D eigenvalue weighted by Crippen LogP contribution is 2.32. The fraction of sp³-hybridized carbons (Fsp3) is 0.500. The fourth-order valence-corrected chi connectivity index (χ4v) is 2.64. The van der Waals surface area contributed by atoms with Crippen molar-refractivity contribution >= 4 is 23.9 Å². The minimum Gasteiger partial charge on any atom is -0.496 e. The van der Waals surface area contributed by atoms with Gasteiger partial charge in [0.1, 0.15) is 5.75 Å². The predicted molar refractivity (Wildman–Crippen MR) is 108 cm³/mol. The molecule has 1 aromatic carbocycles. The first-order valence-electron chi connectivity index (χ1n) is 8.99. The normalized spacial score (nSPS) is 14.0. The van der Waals surface area contributed by atoms with Crippen LogP contribution < -0.4 is 10.1 Å². The van der Waals surface area contributed by atoms with Crippen molar-refractivity contribution in [1.29, 1.82) is 0 Å². The van der Waals surface area contributed by atoms with Gasteiger partial charge in [0.25, 0.3) is 5.91 Å². The third-order valence-corrected chi connectivity index (χ3v) is 4.01. The molecule has 1 aliphatic heterocycles. The Labute approximate surface area is 156 Å². The number of morpholine rings is 1. The Bertz CT molecular complexity index is 623. The molecule has 6 heteroatoms. The van der Waals surface area contributed by atoms with Crippen LogP contribution in [0.5, 0.6) is 5.75 Å². The fourth-order valence-electron chi connectivity index (χ4n) is 2.64. The van der Waals surface area contributed by atoms with E-state index in [0.29, 0.717) is 23.5 Å². The second-order valence-corrected chi connectivity index (χ2v) is 5.72. The molecular weight excluding hydrogens is 330 g/mol. The quantitative estimate of drug-likeness (QED) is 0.758. The van der Waals surface area contributed by atoms with E-state index in [-0.39, 0.29) is 5.91 Å². The van der Waals surface area contributed by atoms with Crippen LogP contribution >= 0.6 is 0 Å². The number of nitrogens with one attached hydrogen (secondary N) is 1. The monoisotopic (exact) mass is 361 g/mol. The summed E-state index contributed by atoms with van der Waals surface area (Å²) in [5.74, 6) is 0.310. The first kappa shape index (κ1) is 21.9. The summed E-state index contributed by atoms with van der Waals surface area (Å²) in [5, 5.41) is 2.95. The number of carbonyl (C=O) groups is 1. The number of amides is 1. The molecule has 1 N–H and O–H groups in total. The van der Waals surface area contributed by atoms with Crippen molar-refractivity contribution < 1.29 is 14.3 Å². The van der Waals surface area contributed by atoms with E-state index in [9.17, 15) is 4.79 Å². The van der Waals surface area contributed by atoms with Gasteiger partial charge in [-0.05, 0) is 25.3 Å². The lowest BCUT2D eigenvalue weighted by molar-refractivity contribution is 0.0383. The van der Waals surface area contributed by atoms with Gasteiger partial charge in [0.15, 0.2) is 0 Å². The summed E-state index contributed by atoms with van der Waals surface area (Å²) in [6.45, 7) is 18.0. The predicted octanol–water partition coefficient (Wildman–Crippen LogP) is 3.15. The number of rotatable bonds is 7. The van der Waals surface area contributed by atoms with E-state index in [0.717, 1.165) is 44.0 Å². The molecule has 1 saturated heterocycles. The summed E-state index contributed by atoms with van der Waals surface area (Å²) < 4.78 is 10.7. The van der Waals surface area contributed by atoms with Gasteiger partial charge in [0.2, 0.25) is 0 Å². The highest BCUT2D eigenvalue weighted by molar-refractivity contribution is 5.99. The van der Waals surface area contributed by atoms with Crippen LogP contribution in [0.25, 0.3) is 5.57 Å². The van der Waals surface area contributed by atoms with Gasteiger partial charge in [-0.1, -0.05) is 20.4 Å². The number of nitrogens with zero attached hydrogens (tertiary/aromatic N) is 2. The molecule has 1 fully saturated rings. The second kappa shape index (κ2) is 11.4. The maximum atomic E-state index is 12.5. The van der Waals surface area contributed by atoms with E-state index in [1.165, 1.54) is 7.11 Å². The van der Waals surface area contributed by atoms with Gasteiger partial charge < -0.3 is 14.8 Å². The molecule has 0 aliphatic carbocycles. The number of carbonyl (C=O) groups excluding carboxylic acids is 1. The summed E-state index contributed by atoms with van der Waals surface area (Å²) in [7, 11) is 1.53. The molecule has 6 nitrogen and oxygen atoms in total. The summed E-state index contributed by atoms with van der Waals surface area (Å²) in [6.07, 6.45) is 0. The van der Waals surface area contributed by atoms with Crippen LogP contribution in [-0.4, -0.2) is 64.0 Å². The minimum atomic E-state index is -0.168. The first-order valence-corrected chi connectivity index (χ1v) is 8.99. The van der Waals surface area contributed by atoms with Gasteiger partial charge in [-0.2, -0.15) is 0 Å². The Hall–Kier alpha value is -2.18. The molecule has 0 aromatic heterocycles. The maximum absolute atomic E-state index is 12.5. The Morgan fingerprint density at radius 1 is 1.31 bits per heavy atom. The molecule has 1 aliphatic rings. The Morgan fingerprint density at radius 2 is 1.96 bits per heavy atom. The topological polar surface area (TPSA) is 63.2 Å². The average molecular weight is 361 g/mol. The van der Waals surface area contributed by atoms with Gasteiger partial charge in [0, 0.05) is 37.8 Å². The van der Waals surface area contributed by atoms with E-state index in [1.807, 2.05) is 20.8 Å². The maximum Gasteiger partial charge on any atom is 0.255 e. The Balaban J connectivity index is 0.00000163. The zero-order chi connectivity index (χ0) is 19.5. The van der Waals surface area contributed by atoms with Gasteiger partial charge >= 0.3 is 0 Å². The third kappa shape index (κ3) is 5.97. The molecule has 26 heavy (non-hydrogen) atoms. The highest BCUT2D eigenvalue weighted by atomic mass is 16.5. The molecule has 144 valence electrons. The molecule has 1 heterocycles. The average Bonchev–Trinajstić information content (AvgIpc) is 2.69. The van der Waals surface area contributed by atoms with Crippen LogP contribution in [0.4, 0.5) is 5.69 Å². The first-order chi connectivity index (χ1) is 12.6. The number of hydrogen-bond donors (Lipinski definition) is 1. The van der Waals surface area contributed by atoms with E-state index in [4.69, 9.17) is 9.47 Å². The summed E-state index contributed by atoms with van der Waals surface area (Å²) in [5.41, 5.74) is 2.75. The van der Waals surface area contributed by atoms with Crippen molar-refractivity contribution in [3.8, 4) is 5.75 Å². The molecule has 0 bridgehead atoms. The zero-order valence-corrected chi connectivity index (χ0v) is 16.4. The lowest BCUT2D eigenvalue weighted by Crippen LogP contribution is -2.41. The molecule has 0 spiro atoms. The molecule has 0 radical (unpaired) electrons. The number of methoxy groups -OCH3 is 1. The third-order valence-electron chi connectivity index (χ3n) is 4.01. The summed E-state index contributed by atoms with van der Waals surface area (Å²) >= 11 is 0. The van der Waals surface area contributed by atoms with Crippen molar-refractivity contribution in [1.82, 2.24) is 10.2 Å². The van der Waals surface area contributed by atoms with Crippen molar-refractivity contribution in [2.45, 2.75) is 20.8 Å². The van der Waals surface area contributed by atoms with Gasteiger partial charge in [0.05, 0.1) is 31.6 Å². The minimum absolute atomic E-state index is 0.168. The summed E-state index contributed by atoms with van der Waals surface area (Å²) in [4.78, 5) is 18.8. The van der Waals surface area contributed by atoms with Crippen LogP contribution in [0.15, 0.2) is 23.7 Å². The molecule has 0 unspecified atom stereocenters. The van der Waals surface area contributed by atoms with E-state index < -0.39 is 0 Å². The van der Waals surface area contributed by atoms with Crippen molar-refractivity contribution in [3.05, 3.63) is 29.8 Å². The van der Waals surface area contributed by atoms with Crippen molar-refractivity contribution in [3.63, 3.8) is 0 Å². The Morgan fingerprint density at radius 3 is 2.50 bits per heavy atom. The zero-order valence-electron chi connectivity index (χ0n) is 16.4. The van der Waals surface area contributed by atoms with Crippen molar-refractivity contribution in [2.24, 2.45) is 4.99 Å². The SMILES string of the molecule is C=Nc1cc(OC)c(C(=O)NCCN2CCOCC2)cc1C(=C)C.CC. The van der Waals surface area contributed by atoms with Gasteiger partial charge in [-0.25, -0.2) is 0 Å². The van der Waals surface area contributed by atoms with E-state index in [1.54, 1.807) is 12.1 Å². The molecule has 1 aromatic rings. The van der Waals surface area contributed by atoms with Crippen molar-refractivity contribution in [2.75, 3.05) is 46.5 Å². The number of benzene rings is 1. The largest absolute Gasteiger partial charge is 0.496 e. The molecule has 0 atom stereocenters. The molecule has 1 amide bonds. The number of ether oxygens (including phenoxy) is 2. The van der Waals surface area contributed by atoms with Crippen LogP contribution in [0.1, 0.15) is 36.7 Å². The standard InChI is InChI=1S/C18H25N3O3.C2H6/c1-13(2)14-11-15(17(23-4)12-16(14)19-3)18(22)20-5-6-21-7-9-24-10-8-21;1-2/h11-12H,1,3,5-10H2,2,4H3,(H,20,22);1-2H3. The second-order valence-electron chi connectivity index (χ2n) is 5.72. The van der Waals surface area contributed by atoms with Crippen LogP contribution in [0.3, 0.4) is 0 Å². The van der Waals surface area contributed by atoms with Gasteiger partial charge in [-0.3, -0.25) is 14.7 Å². The van der Waals surface area contributed by atoms with Crippen LogP contribution in [0, 0.1) is 0 Å². The molecule has 0 saturated carbocycles. The Kier molecular flexibility index (Phi) is 9.62. The molecule has 2 rings (SSSR count). The van der Waals surface area contributed by atoms with Crippen LogP contribution in [0.2, 0.25) is 0 Å². The van der Waals surface area contributed by atoms with Gasteiger partial charge in [-0.15, -0.1) is 0 Å². The smallest absolute Gasteiger partial charge is 0.255 e. The summed E-state index contributed by atoms with van der Waals surface area (Å²) in [6, 6.07) is 3.48. The van der Waals surface area contributed by atoms with E-state index >= 15 is 0 Å². The number of aliphatic imine (C=N–C) groups is 1. The number of allylic oxidation sites excluding steroid dienone is 1. The highest BCUT2D eigenvalue weighted by Gasteiger charge is 2.17. The lowest BCUT2D eigenvalue weighted by atomic mass is 10.0. The van der Waals surface area contributed by atoms with E-state index in [2.05, 4.69) is 28.5 Å². The molecular formula is C20H31N3O3. The lowest BCUT2D eigenvalue weighted by Gasteiger charge is -2.26. The van der Waals surface area contributed by atoms with Crippen LogP contribution in [-0.2, 0) is 4.74 Å².